The third kappa shape index (κ3) is 11.3. The van der Waals surface area contributed by atoms with E-state index < -0.39 is 66.1 Å². The van der Waals surface area contributed by atoms with Gasteiger partial charge in [0.05, 0.1) is 12.5 Å². The summed E-state index contributed by atoms with van der Waals surface area (Å²) in [5, 5.41) is 16.6. The van der Waals surface area contributed by atoms with E-state index in [1.54, 1.807) is 13.8 Å². The number of aliphatic carboxylic acids is 1. The van der Waals surface area contributed by atoms with E-state index in [4.69, 9.17) is 11.5 Å². The van der Waals surface area contributed by atoms with Gasteiger partial charge in [-0.3, -0.25) is 19.2 Å². The number of carboxylic acid groups (broad SMARTS) is 1. The summed E-state index contributed by atoms with van der Waals surface area (Å²) in [5.74, 6) is -3.86. The molecule has 0 rings (SSSR count). The molecule has 0 aliphatic carbocycles. The van der Waals surface area contributed by atoms with Crippen LogP contribution in [0.1, 0.15) is 47.0 Å². The van der Waals surface area contributed by atoms with Gasteiger partial charge in [-0.25, -0.2) is 4.79 Å². The molecule has 0 fully saturated rings. The summed E-state index contributed by atoms with van der Waals surface area (Å²) < 4.78 is 0. The largest absolute Gasteiger partial charge is 0.480 e. The number of carbonyl (C=O) groups excluding carboxylic acids is 4. The minimum Gasteiger partial charge on any atom is -0.480 e. The highest BCUT2D eigenvalue weighted by Gasteiger charge is 2.32. The van der Waals surface area contributed by atoms with Gasteiger partial charge in [0.25, 0.3) is 0 Å². The Morgan fingerprint density at radius 1 is 0.906 bits per heavy atom. The molecule has 12 heteroatoms. The minimum absolute atomic E-state index is 0.181. The number of hydrogen-bond donors (Lipinski definition) is 6. The molecule has 4 unspecified atom stereocenters. The summed E-state index contributed by atoms with van der Waals surface area (Å²) >= 11 is 1.46. The van der Waals surface area contributed by atoms with Crippen molar-refractivity contribution < 1.29 is 29.1 Å². The van der Waals surface area contributed by atoms with Crippen LogP contribution in [0.15, 0.2) is 0 Å². The summed E-state index contributed by atoms with van der Waals surface area (Å²) in [4.78, 5) is 60.7. The smallest absolute Gasteiger partial charge is 0.326 e. The van der Waals surface area contributed by atoms with Gasteiger partial charge < -0.3 is 32.5 Å². The normalized spacial score (nSPS) is 14.9. The molecule has 0 aromatic rings. The van der Waals surface area contributed by atoms with E-state index in [1.165, 1.54) is 11.8 Å². The quantitative estimate of drug-likeness (QED) is 0.177. The van der Waals surface area contributed by atoms with Crippen molar-refractivity contribution in [2.75, 3.05) is 12.0 Å². The standard InChI is InChI=1S/C20H37N5O6S/c1-10(2)8-12(21)17(27)23-13(6-7-32-5)18(28)24-14(9-15(22)26)19(29)25-16(11(3)4)20(30)31/h10-14,16H,6-9,21H2,1-5H3,(H2,22,26)(H,23,27)(H,24,28)(H,25,29)(H,30,31). The molecule has 0 spiro atoms. The lowest BCUT2D eigenvalue weighted by atomic mass is 10.0. The fraction of sp³-hybridized carbons (Fsp3) is 0.750. The Bertz CT molecular complexity index is 673. The monoisotopic (exact) mass is 475 g/mol. The fourth-order valence-corrected chi connectivity index (χ4v) is 3.32. The highest BCUT2D eigenvalue weighted by atomic mass is 32.2. The predicted octanol–water partition coefficient (Wildman–Crippen LogP) is -0.817. The summed E-state index contributed by atoms with van der Waals surface area (Å²) in [6.07, 6.45) is 2.00. The van der Waals surface area contributed by atoms with Gasteiger partial charge in [0.2, 0.25) is 23.6 Å². The number of rotatable bonds is 15. The van der Waals surface area contributed by atoms with Crippen LogP contribution >= 0.6 is 11.8 Å². The van der Waals surface area contributed by atoms with Crippen LogP contribution in [-0.4, -0.2) is 70.9 Å². The van der Waals surface area contributed by atoms with Crippen LogP contribution in [0.3, 0.4) is 0 Å². The van der Waals surface area contributed by atoms with Crippen LogP contribution < -0.4 is 27.4 Å². The summed E-state index contributed by atoms with van der Waals surface area (Å²) in [5.41, 5.74) is 11.1. The van der Waals surface area contributed by atoms with Crippen molar-refractivity contribution in [1.82, 2.24) is 16.0 Å². The van der Waals surface area contributed by atoms with Gasteiger partial charge >= 0.3 is 5.97 Å². The zero-order chi connectivity index (χ0) is 25.0. The first kappa shape index (κ1) is 29.7. The number of amides is 4. The van der Waals surface area contributed by atoms with Crippen LogP contribution in [0.5, 0.6) is 0 Å². The Labute approximate surface area is 193 Å². The van der Waals surface area contributed by atoms with Gasteiger partial charge in [-0.15, -0.1) is 0 Å². The molecule has 0 aliphatic rings. The molecular formula is C20H37N5O6S. The Balaban J connectivity index is 5.46. The molecule has 184 valence electrons. The summed E-state index contributed by atoms with van der Waals surface area (Å²) in [6.45, 7) is 7.05. The first-order chi connectivity index (χ1) is 14.8. The van der Waals surface area contributed by atoms with E-state index in [0.29, 0.717) is 12.2 Å². The van der Waals surface area contributed by atoms with Gasteiger partial charge in [-0.05, 0) is 36.7 Å². The molecule has 11 nitrogen and oxygen atoms in total. The molecule has 8 N–H and O–H groups in total. The highest BCUT2D eigenvalue weighted by Crippen LogP contribution is 2.07. The van der Waals surface area contributed by atoms with Crippen LogP contribution in [0.2, 0.25) is 0 Å². The lowest BCUT2D eigenvalue weighted by Gasteiger charge is -2.25. The molecule has 4 amide bonds. The Hall–Kier alpha value is -2.34. The number of carbonyl (C=O) groups is 5. The first-order valence-electron chi connectivity index (χ1n) is 10.5. The first-order valence-corrected chi connectivity index (χ1v) is 11.9. The van der Waals surface area contributed by atoms with Crippen molar-refractivity contribution in [2.45, 2.75) is 71.1 Å². The zero-order valence-electron chi connectivity index (χ0n) is 19.3. The van der Waals surface area contributed by atoms with E-state index in [-0.39, 0.29) is 12.3 Å². The van der Waals surface area contributed by atoms with Gasteiger partial charge in [0, 0.05) is 0 Å². The van der Waals surface area contributed by atoms with Crippen molar-refractivity contribution in [3.05, 3.63) is 0 Å². The molecule has 0 aromatic carbocycles. The van der Waals surface area contributed by atoms with Crippen molar-refractivity contribution in [1.29, 1.82) is 0 Å². The lowest BCUT2D eigenvalue weighted by molar-refractivity contribution is -0.143. The second-order valence-corrected chi connectivity index (χ2v) is 9.36. The van der Waals surface area contributed by atoms with E-state index in [1.807, 2.05) is 20.1 Å². The van der Waals surface area contributed by atoms with Crippen LogP contribution in [-0.2, 0) is 24.0 Å². The number of nitrogens with two attached hydrogens (primary N) is 2. The molecule has 0 heterocycles. The fourth-order valence-electron chi connectivity index (χ4n) is 2.85. The van der Waals surface area contributed by atoms with E-state index >= 15 is 0 Å². The van der Waals surface area contributed by atoms with Crippen LogP contribution in [0.4, 0.5) is 0 Å². The average Bonchev–Trinajstić information content (AvgIpc) is 2.66. The summed E-state index contributed by atoms with van der Waals surface area (Å²) in [6, 6.07) is -4.39. The van der Waals surface area contributed by atoms with E-state index in [0.717, 1.165) is 0 Å². The van der Waals surface area contributed by atoms with Crippen molar-refractivity contribution in [2.24, 2.45) is 23.3 Å². The Kier molecular flexibility index (Phi) is 13.6. The van der Waals surface area contributed by atoms with Gasteiger partial charge in [-0.1, -0.05) is 27.7 Å². The Morgan fingerprint density at radius 3 is 1.88 bits per heavy atom. The second kappa shape index (κ2) is 14.7. The van der Waals surface area contributed by atoms with E-state index in [2.05, 4.69) is 16.0 Å². The van der Waals surface area contributed by atoms with Gasteiger partial charge in [0.1, 0.15) is 18.1 Å². The maximum absolute atomic E-state index is 12.9. The molecule has 0 saturated heterocycles. The number of nitrogens with one attached hydrogen (secondary N) is 3. The third-order valence-corrected chi connectivity index (χ3v) is 5.22. The molecule has 0 aliphatic heterocycles. The number of hydrogen-bond acceptors (Lipinski definition) is 7. The number of thioether (sulfide) groups is 1. The van der Waals surface area contributed by atoms with Crippen molar-refractivity contribution in [3.8, 4) is 0 Å². The van der Waals surface area contributed by atoms with Crippen LogP contribution in [0, 0.1) is 11.8 Å². The lowest BCUT2D eigenvalue weighted by Crippen LogP contribution is -2.58. The third-order valence-electron chi connectivity index (χ3n) is 4.57. The molecule has 32 heavy (non-hydrogen) atoms. The van der Waals surface area contributed by atoms with Gasteiger partial charge in [-0.2, -0.15) is 11.8 Å². The molecule has 4 atom stereocenters. The zero-order valence-corrected chi connectivity index (χ0v) is 20.2. The average molecular weight is 476 g/mol. The molecule has 0 aromatic heterocycles. The van der Waals surface area contributed by atoms with Crippen LogP contribution in [0.25, 0.3) is 0 Å². The molecule has 0 saturated carbocycles. The topological polar surface area (TPSA) is 194 Å². The number of carboxylic acids is 1. The van der Waals surface area contributed by atoms with Gasteiger partial charge in [0.15, 0.2) is 0 Å². The molecule has 0 bridgehead atoms. The summed E-state index contributed by atoms with van der Waals surface area (Å²) in [7, 11) is 0. The molecule has 0 radical (unpaired) electrons. The number of primary amides is 1. The second-order valence-electron chi connectivity index (χ2n) is 8.38. The Morgan fingerprint density at radius 2 is 1.44 bits per heavy atom. The van der Waals surface area contributed by atoms with Crippen molar-refractivity contribution in [3.63, 3.8) is 0 Å². The molecular weight excluding hydrogens is 438 g/mol. The maximum atomic E-state index is 12.9. The maximum Gasteiger partial charge on any atom is 0.326 e. The minimum atomic E-state index is -1.39. The van der Waals surface area contributed by atoms with E-state index in [9.17, 15) is 29.1 Å². The SMILES string of the molecule is CSCCC(NC(=O)C(N)CC(C)C)C(=O)NC(CC(N)=O)C(=O)NC(C(=O)O)C(C)C. The predicted molar refractivity (Wildman–Crippen MR) is 123 cm³/mol. The highest BCUT2D eigenvalue weighted by molar-refractivity contribution is 7.98. The van der Waals surface area contributed by atoms with Crippen molar-refractivity contribution >= 4 is 41.4 Å².